The lowest BCUT2D eigenvalue weighted by molar-refractivity contribution is -0.313. The summed E-state index contributed by atoms with van der Waals surface area (Å²) in [5, 5.41) is 25.1. The number of fused-ring (bicyclic) bond motifs is 2. The number of amides is 1. The van der Waals surface area contributed by atoms with Crippen LogP contribution in [0.5, 0.6) is 0 Å². The van der Waals surface area contributed by atoms with Gasteiger partial charge in [-0.25, -0.2) is 0 Å². The molecular formula is C14H11N2O3S-. The van der Waals surface area contributed by atoms with Crippen molar-refractivity contribution >= 4 is 28.2 Å². The van der Waals surface area contributed by atoms with Crippen LogP contribution in [0, 0.1) is 35.0 Å². The zero-order valence-corrected chi connectivity index (χ0v) is 11.2. The molecule has 3 rings (SSSR count). The number of carboxylic acid groups (broad SMARTS) is 1. The maximum atomic E-state index is 12.3. The van der Waals surface area contributed by atoms with Gasteiger partial charge in [-0.05, 0) is 29.7 Å². The van der Waals surface area contributed by atoms with Gasteiger partial charge in [0.25, 0.3) is 0 Å². The van der Waals surface area contributed by atoms with Crippen molar-refractivity contribution in [2.75, 3.05) is 5.32 Å². The Labute approximate surface area is 119 Å². The zero-order valence-electron chi connectivity index (χ0n) is 10.4. The highest BCUT2D eigenvalue weighted by Crippen LogP contribution is 2.48. The van der Waals surface area contributed by atoms with Crippen molar-refractivity contribution < 1.29 is 14.7 Å². The molecule has 5 nitrogen and oxygen atoms in total. The molecule has 0 spiro atoms. The van der Waals surface area contributed by atoms with E-state index in [1.165, 1.54) is 11.3 Å². The topological polar surface area (TPSA) is 93.0 Å². The molecule has 0 aliphatic heterocycles. The predicted octanol–water partition coefficient (Wildman–Crippen LogP) is 0.746. The number of nitrogens with one attached hydrogen (secondary N) is 1. The molecule has 0 aromatic carbocycles. The Hall–Kier alpha value is -2.13. The lowest BCUT2D eigenvalue weighted by atomic mass is 9.82. The van der Waals surface area contributed by atoms with E-state index in [4.69, 9.17) is 5.26 Å². The van der Waals surface area contributed by atoms with E-state index in [-0.39, 0.29) is 17.7 Å². The van der Waals surface area contributed by atoms with Crippen molar-refractivity contribution in [2.24, 2.45) is 23.7 Å². The van der Waals surface area contributed by atoms with Crippen LogP contribution in [-0.4, -0.2) is 11.9 Å². The molecule has 1 saturated carbocycles. The first kappa shape index (κ1) is 12.9. The molecule has 1 aromatic rings. The van der Waals surface area contributed by atoms with Gasteiger partial charge in [-0.2, -0.15) is 5.26 Å². The first-order chi connectivity index (χ1) is 9.61. The smallest absolute Gasteiger partial charge is 0.229 e. The van der Waals surface area contributed by atoms with E-state index < -0.39 is 17.8 Å². The minimum Gasteiger partial charge on any atom is -0.550 e. The second kappa shape index (κ2) is 4.76. The van der Waals surface area contributed by atoms with Crippen molar-refractivity contribution in [1.82, 2.24) is 0 Å². The fourth-order valence-corrected chi connectivity index (χ4v) is 3.93. The van der Waals surface area contributed by atoms with Gasteiger partial charge in [-0.3, -0.25) is 4.79 Å². The molecule has 1 N–H and O–H groups in total. The van der Waals surface area contributed by atoms with Crippen LogP contribution in [0.15, 0.2) is 23.6 Å². The molecule has 2 bridgehead atoms. The van der Waals surface area contributed by atoms with Gasteiger partial charge >= 0.3 is 0 Å². The summed E-state index contributed by atoms with van der Waals surface area (Å²) in [7, 11) is 0. The summed E-state index contributed by atoms with van der Waals surface area (Å²) >= 11 is 1.26. The lowest BCUT2D eigenvalue weighted by Crippen LogP contribution is -2.42. The average Bonchev–Trinajstić information content (AvgIpc) is 3.12. The zero-order chi connectivity index (χ0) is 14.3. The van der Waals surface area contributed by atoms with Gasteiger partial charge < -0.3 is 15.2 Å². The Morgan fingerprint density at radius 3 is 2.70 bits per heavy atom. The van der Waals surface area contributed by atoms with Crippen LogP contribution in [0.2, 0.25) is 0 Å². The van der Waals surface area contributed by atoms with E-state index in [0.29, 0.717) is 17.0 Å². The molecule has 2 aliphatic carbocycles. The van der Waals surface area contributed by atoms with Crippen LogP contribution in [0.4, 0.5) is 5.00 Å². The molecular weight excluding hydrogens is 276 g/mol. The van der Waals surface area contributed by atoms with Gasteiger partial charge in [-0.15, -0.1) is 11.3 Å². The van der Waals surface area contributed by atoms with Crippen LogP contribution >= 0.6 is 11.3 Å². The summed E-state index contributed by atoms with van der Waals surface area (Å²) in [6.07, 6.45) is 4.46. The van der Waals surface area contributed by atoms with Gasteiger partial charge in [0.05, 0.1) is 11.5 Å². The van der Waals surface area contributed by atoms with Crippen LogP contribution in [-0.2, 0) is 9.59 Å². The Balaban J connectivity index is 1.82. The number of hydrogen-bond acceptors (Lipinski definition) is 5. The van der Waals surface area contributed by atoms with E-state index in [9.17, 15) is 14.7 Å². The number of rotatable bonds is 3. The Kier molecular flexibility index (Phi) is 3.07. The highest BCUT2D eigenvalue weighted by molar-refractivity contribution is 7.14. The van der Waals surface area contributed by atoms with Gasteiger partial charge in [0, 0.05) is 11.9 Å². The quantitative estimate of drug-likeness (QED) is 0.830. The van der Waals surface area contributed by atoms with E-state index in [2.05, 4.69) is 5.32 Å². The summed E-state index contributed by atoms with van der Waals surface area (Å²) in [4.78, 5) is 23.6. The largest absolute Gasteiger partial charge is 0.550 e. The maximum Gasteiger partial charge on any atom is 0.229 e. The van der Waals surface area contributed by atoms with E-state index in [0.717, 1.165) is 0 Å². The number of thiophene rings is 1. The summed E-state index contributed by atoms with van der Waals surface area (Å²) in [5.41, 5.74) is 0.395. The van der Waals surface area contributed by atoms with Crippen molar-refractivity contribution in [3.05, 3.63) is 29.2 Å². The van der Waals surface area contributed by atoms with E-state index in [1.807, 2.05) is 18.2 Å². The second-order valence-electron chi connectivity index (χ2n) is 5.08. The number of allylic oxidation sites excluding steroid dienone is 2. The first-order valence-electron chi connectivity index (χ1n) is 6.29. The minimum absolute atomic E-state index is 0.0478. The van der Waals surface area contributed by atoms with Crippen LogP contribution in [0.1, 0.15) is 12.0 Å². The number of hydrogen-bond donors (Lipinski definition) is 1. The highest BCUT2D eigenvalue weighted by atomic mass is 32.1. The Morgan fingerprint density at radius 2 is 2.05 bits per heavy atom. The Morgan fingerprint density at radius 1 is 1.35 bits per heavy atom. The van der Waals surface area contributed by atoms with Gasteiger partial charge in [0.2, 0.25) is 5.91 Å². The molecule has 0 radical (unpaired) electrons. The number of nitriles is 1. The third-order valence-corrected chi connectivity index (χ3v) is 4.89. The number of carboxylic acids is 1. The number of aliphatic carboxylic acids is 1. The standard InChI is InChI=1S/C14H12N2O3S/c15-6-9-3-4-20-13(9)16-12(17)10-7-1-2-8(5-7)11(10)14(18)19/h1-4,7-8,10-11H,5H2,(H,16,17)(H,18,19)/p-1/t7-,8+,10-,11+/m1/s1. The SMILES string of the molecule is N#Cc1ccsc1NC(=O)[C@H]1[C@@H](C(=O)[O-])[C@H]2C=C[C@@H]1C2. The van der Waals surface area contributed by atoms with Gasteiger partial charge in [0.1, 0.15) is 11.1 Å². The molecule has 0 saturated heterocycles. The normalized spacial score (nSPS) is 30.1. The maximum absolute atomic E-state index is 12.3. The molecule has 0 unspecified atom stereocenters. The molecule has 20 heavy (non-hydrogen) atoms. The number of nitrogens with zero attached hydrogens (tertiary/aromatic N) is 1. The fourth-order valence-electron chi connectivity index (χ4n) is 3.19. The minimum atomic E-state index is -1.17. The van der Waals surface area contributed by atoms with Crippen molar-refractivity contribution in [2.45, 2.75) is 6.42 Å². The van der Waals surface area contributed by atoms with Crippen LogP contribution in [0.3, 0.4) is 0 Å². The molecule has 6 heteroatoms. The molecule has 1 amide bonds. The molecule has 1 aromatic heterocycles. The molecule has 102 valence electrons. The number of carbonyl (C=O) groups is 2. The molecule has 1 fully saturated rings. The third kappa shape index (κ3) is 1.91. The summed E-state index contributed by atoms with van der Waals surface area (Å²) < 4.78 is 0. The fraction of sp³-hybridized carbons (Fsp3) is 0.357. The lowest BCUT2D eigenvalue weighted by Gasteiger charge is -2.27. The predicted molar refractivity (Wildman–Crippen MR) is 70.4 cm³/mol. The second-order valence-corrected chi connectivity index (χ2v) is 6.00. The third-order valence-electron chi connectivity index (χ3n) is 4.06. The van der Waals surface area contributed by atoms with Gasteiger partial charge in [0.15, 0.2) is 0 Å². The van der Waals surface area contributed by atoms with Crippen molar-refractivity contribution in [1.29, 1.82) is 5.26 Å². The molecule has 4 atom stereocenters. The monoisotopic (exact) mass is 287 g/mol. The summed E-state index contributed by atoms with van der Waals surface area (Å²) in [6, 6.07) is 3.61. The molecule has 2 aliphatic rings. The first-order valence-corrected chi connectivity index (χ1v) is 7.17. The average molecular weight is 287 g/mol. The Bertz CT molecular complexity index is 643. The summed E-state index contributed by atoms with van der Waals surface area (Å²) in [6.45, 7) is 0. The van der Waals surface area contributed by atoms with Crippen LogP contribution in [0.25, 0.3) is 0 Å². The van der Waals surface area contributed by atoms with E-state index >= 15 is 0 Å². The number of anilines is 1. The van der Waals surface area contributed by atoms with Crippen molar-refractivity contribution in [3.63, 3.8) is 0 Å². The summed E-state index contributed by atoms with van der Waals surface area (Å²) in [5.74, 6) is -3.05. The van der Waals surface area contributed by atoms with Crippen molar-refractivity contribution in [3.8, 4) is 6.07 Å². The van der Waals surface area contributed by atoms with Gasteiger partial charge in [-0.1, -0.05) is 12.2 Å². The van der Waals surface area contributed by atoms with Crippen LogP contribution < -0.4 is 10.4 Å². The van der Waals surface area contributed by atoms with E-state index in [1.54, 1.807) is 11.4 Å². The number of carbonyl (C=O) groups excluding carboxylic acids is 2. The molecule has 1 heterocycles. The highest BCUT2D eigenvalue weighted by Gasteiger charge is 2.48.